The van der Waals surface area contributed by atoms with E-state index in [0.717, 1.165) is 5.56 Å². The van der Waals surface area contributed by atoms with Gasteiger partial charge in [0.15, 0.2) is 0 Å². The van der Waals surface area contributed by atoms with Crippen LogP contribution < -0.4 is 26.6 Å². The van der Waals surface area contributed by atoms with Gasteiger partial charge in [-0.3, -0.25) is 4.79 Å². The molecule has 160 valence electrons. The van der Waals surface area contributed by atoms with Crippen LogP contribution in [0.1, 0.15) is 15.9 Å². The number of halogens is 2. The number of hydrogen-bond acceptors (Lipinski definition) is 5. The molecule has 0 aliphatic rings. The van der Waals surface area contributed by atoms with E-state index in [1.54, 1.807) is 48.5 Å². The van der Waals surface area contributed by atoms with Gasteiger partial charge in [-0.1, -0.05) is 46.9 Å². The molecule has 0 atom stereocenters. The highest BCUT2D eigenvalue weighted by Gasteiger charge is 2.17. The van der Waals surface area contributed by atoms with Crippen molar-refractivity contribution < 1.29 is 9.53 Å². The molecule has 5 N–H and O–H groups in total. The third-order valence-corrected chi connectivity index (χ3v) is 5.60. The van der Waals surface area contributed by atoms with Crippen molar-refractivity contribution in [1.82, 2.24) is 9.97 Å². The fraction of sp³-hybridized carbons (Fsp3) is 0.0909. The lowest BCUT2D eigenvalue weighted by Gasteiger charge is -2.11. The summed E-state index contributed by atoms with van der Waals surface area (Å²) < 4.78 is 5.42. The Morgan fingerprint density at radius 2 is 1.94 bits per heavy atom. The van der Waals surface area contributed by atoms with E-state index in [1.165, 1.54) is 7.11 Å². The first-order valence-electron chi connectivity index (χ1n) is 9.58. The number of fused-ring (bicyclic) bond motifs is 1. The van der Waals surface area contributed by atoms with Gasteiger partial charge in [-0.05, 0) is 29.8 Å². The fourth-order valence-corrected chi connectivity index (χ4v) is 3.74. The van der Waals surface area contributed by atoms with Gasteiger partial charge < -0.3 is 26.1 Å². The number of carbonyl (C=O) groups excluding carboxylic acids is 1. The number of ether oxygens (including phenoxy) is 1. The van der Waals surface area contributed by atoms with Crippen molar-refractivity contribution in [2.75, 3.05) is 17.7 Å². The molecule has 0 unspecified atom stereocenters. The highest BCUT2D eigenvalue weighted by Crippen LogP contribution is 2.35. The van der Waals surface area contributed by atoms with Crippen molar-refractivity contribution in [3.63, 3.8) is 0 Å². The second kappa shape index (κ2) is 9.12. The number of nitrogens with one attached hydrogen (secondary N) is 3. The number of amides is 1. The Bertz CT molecular complexity index is 1310. The van der Waals surface area contributed by atoms with Crippen LogP contribution in [0.5, 0.6) is 5.75 Å². The summed E-state index contributed by atoms with van der Waals surface area (Å²) in [7, 11) is 7.19. The number of H-pyrrole nitrogens is 1. The molecule has 7 nitrogen and oxygen atoms in total. The summed E-state index contributed by atoms with van der Waals surface area (Å²) in [6.45, 7) is 0.272. The number of rotatable bonds is 6. The van der Waals surface area contributed by atoms with Crippen LogP contribution in [0.15, 0.2) is 48.5 Å². The van der Waals surface area contributed by atoms with Crippen LogP contribution >= 0.6 is 23.2 Å². The van der Waals surface area contributed by atoms with Gasteiger partial charge in [0.05, 0.1) is 39.4 Å². The Morgan fingerprint density at radius 1 is 1.19 bits per heavy atom. The minimum atomic E-state index is -0.334. The lowest BCUT2D eigenvalue weighted by molar-refractivity contribution is 0.102. The number of carbonyl (C=O) groups is 1. The van der Waals surface area contributed by atoms with Crippen LogP contribution in [0.25, 0.3) is 11.0 Å². The van der Waals surface area contributed by atoms with Crippen molar-refractivity contribution in [1.29, 1.82) is 0 Å². The molecule has 4 aromatic rings. The Balaban J connectivity index is 1.66. The average molecular weight is 466 g/mol. The summed E-state index contributed by atoms with van der Waals surface area (Å²) in [5.41, 5.74) is 9.74. The van der Waals surface area contributed by atoms with Gasteiger partial charge in [-0.2, -0.15) is 0 Å². The first-order valence-corrected chi connectivity index (χ1v) is 10.3. The first kappa shape index (κ1) is 22.0. The highest BCUT2D eigenvalue weighted by molar-refractivity contribution is 6.39. The molecule has 2 radical (unpaired) electrons. The number of benzene rings is 3. The lowest BCUT2D eigenvalue weighted by Crippen LogP contribution is -2.14. The predicted octanol–water partition coefficient (Wildman–Crippen LogP) is 4.13. The molecule has 1 aromatic heterocycles. The Kier molecular flexibility index (Phi) is 6.27. The Morgan fingerprint density at radius 3 is 2.62 bits per heavy atom. The average Bonchev–Trinajstić information content (AvgIpc) is 3.18. The molecule has 3 aromatic carbocycles. The molecule has 0 aliphatic carbocycles. The van der Waals surface area contributed by atoms with Crippen molar-refractivity contribution in [3.05, 3.63) is 69.7 Å². The maximum absolute atomic E-state index is 12.9. The molecule has 0 aliphatic heterocycles. The Hall–Kier alpha value is -3.20. The van der Waals surface area contributed by atoms with Gasteiger partial charge >= 0.3 is 0 Å². The zero-order chi connectivity index (χ0) is 22.8. The summed E-state index contributed by atoms with van der Waals surface area (Å²) in [6.07, 6.45) is 0. The molecule has 0 fully saturated rings. The van der Waals surface area contributed by atoms with Gasteiger partial charge in [0.1, 0.15) is 13.6 Å². The number of nitrogens with zero attached hydrogens (tertiary/aromatic N) is 1. The largest absolute Gasteiger partial charge is 0.496 e. The molecule has 32 heavy (non-hydrogen) atoms. The molecule has 1 heterocycles. The van der Waals surface area contributed by atoms with Crippen molar-refractivity contribution >= 4 is 70.8 Å². The third kappa shape index (κ3) is 4.38. The second-order valence-electron chi connectivity index (χ2n) is 6.96. The maximum Gasteiger partial charge on any atom is 0.259 e. The smallest absolute Gasteiger partial charge is 0.259 e. The summed E-state index contributed by atoms with van der Waals surface area (Å²) in [6, 6.07) is 13.7. The standard InChI is InChI=1S/C22H18BCl2N5O2/c1-32-18-9-17-16(8-14(18)21(31)27-13-5-3-12(23)4-6-13)28-22(29-17)30-20-15(24)7-2-11(10-26)19(20)25/h2-9H,10,26H2,1H3,(H,27,31)(H2,28,29,30). The number of anilines is 3. The summed E-state index contributed by atoms with van der Waals surface area (Å²) in [5, 5.41) is 6.77. The number of imidazole rings is 1. The number of nitrogens with two attached hydrogens (primary N) is 1. The van der Waals surface area contributed by atoms with Crippen LogP contribution in [0, 0.1) is 0 Å². The van der Waals surface area contributed by atoms with Crippen LogP contribution in [0.4, 0.5) is 17.3 Å². The fourth-order valence-electron chi connectivity index (χ4n) is 3.19. The Labute approximate surface area is 195 Å². The highest BCUT2D eigenvalue weighted by atomic mass is 35.5. The van der Waals surface area contributed by atoms with Gasteiger partial charge in [0, 0.05) is 18.3 Å². The number of aromatic amines is 1. The van der Waals surface area contributed by atoms with Crippen molar-refractivity contribution in [3.8, 4) is 5.75 Å². The summed E-state index contributed by atoms with van der Waals surface area (Å²) in [5.74, 6) is 0.445. The minimum Gasteiger partial charge on any atom is -0.496 e. The molecule has 0 spiro atoms. The van der Waals surface area contributed by atoms with E-state index in [2.05, 4.69) is 20.6 Å². The van der Waals surface area contributed by atoms with Gasteiger partial charge in [-0.25, -0.2) is 4.98 Å². The molecular weight excluding hydrogens is 448 g/mol. The normalized spacial score (nSPS) is 10.9. The van der Waals surface area contributed by atoms with E-state index in [-0.39, 0.29) is 12.5 Å². The maximum atomic E-state index is 12.9. The van der Waals surface area contributed by atoms with E-state index in [0.29, 0.717) is 55.2 Å². The minimum absolute atomic E-state index is 0.272. The van der Waals surface area contributed by atoms with Crippen LogP contribution in [-0.2, 0) is 6.54 Å². The molecule has 4 rings (SSSR count). The van der Waals surface area contributed by atoms with Gasteiger partial charge in [0.2, 0.25) is 5.95 Å². The van der Waals surface area contributed by atoms with Crippen LogP contribution in [0.3, 0.4) is 0 Å². The molecule has 1 amide bonds. The SMILES string of the molecule is [B]c1ccc(NC(=O)c2cc3[nH]c(Nc4c(Cl)ccc(CN)c4Cl)nc3cc2OC)cc1. The van der Waals surface area contributed by atoms with Gasteiger partial charge in [-0.15, -0.1) is 0 Å². The van der Waals surface area contributed by atoms with Crippen molar-refractivity contribution in [2.24, 2.45) is 5.73 Å². The van der Waals surface area contributed by atoms with E-state index in [9.17, 15) is 4.79 Å². The molecule has 0 bridgehead atoms. The number of methoxy groups -OCH3 is 1. The zero-order valence-corrected chi connectivity index (χ0v) is 18.5. The monoisotopic (exact) mass is 465 g/mol. The lowest BCUT2D eigenvalue weighted by atomic mass is 9.96. The first-order chi connectivity index (χ1) is 15.4. The summed E-state index contributed by atoms with van der Waals surface area (Å²) >= 11 is 12.7. The molecule has 0 saturated heterocycles. The van der Waals surface area contributed by atoms with E-state index < -0.39 is 0 Å². The van der Waals surface area contributed by atoms with Crippen molar-refractivity contribution in [2.45, 2.75) is 6.54 Å². The van der Waals surface area contributed by atoms with E-state index >= 15 is 0 Å². The summed E-state index contributed by atoms with van der Waals surface area (Å²) in [4.78, 5) is 20.5. The second-order valence-corrected chi connectivity index (χ2v) is 7.74. The zero-order valence-electron chi connectivity index (χ0n) is 17.0. The number of aromatic nitrogens is 2. The molecule has 10 heteroatoms. The predicted molar refractivity (Wildman–Crippen MR) is 130 cm³/mol. The van der Waals surface area contributed by atoms with E-state index in [1.807, 2.05) is 0 Å². The molecular formula is C22H18BCl2N5O2. The van der Waals surface area contributed by atoms with Crippen LogP contribution in [0.2, 0.25) is 10.0 Å². The quantitative estimate of drug-likeness (QED) is 0.320. The number of hydrogen-bond donors (Lipinski definition) is 4. The molecule has 0 saturated carbocycles. The van der Waals surface area contributed by atoms with Gasteiger partial charge in [0.25, 0.3) is 5.91 Å². The third-order valence-electron chi connectivity index (χ3n) is 4.85. The van der Waals surface area contributed by atoms with E-state index in [4.69, 9.17) is 41.5 Å². The van der Waals surface area contributed by atoms with Crippen LogP contribution in [-0.4, -0.2) is 30.8 Å². The topological polar surface area (TPSA) is 105 Å².